The van der Waals surface area contributed by atoms with E-state index < -0.39 is 0 Å². The third-order valence-corrected chi connectivity index (χ3v) is 6.21. The molecule has 5 heterocycles. The Bertz CT molecular complexity index is 1020. The lowest BCUT2D eigenvalue weighted by atomic mass is 10.0. The number of pyridine rings is 1. The Hall–Kier alpha value is -3.20. The highest BCUT2D eigenvalue weighted by Crippen LogP contribution is 2.23. The Morgan fingerprint density at radius 2 is 2.03 bits per heavy atom. The van der Waals surface area contributed by atoms with Gasteiger partial charge in [0.05, 0.1) is 12.8 Å². The van der Waals surface area contributed by atoms with Crippen molar-refractivity contribution in [2.75, 3.05) is 44.2 Å². The Kier molecular flexibility index (Phi) is 5.89. The summed E-state index contributed by atoms with van der Waals surface area (Å²) in [6, 6.07) is 7.48. The molecule has 5 rings (SSSR count). The molecule has 3 aromatic rings. The molecule has 3 aromatic heterocycles. The summed E-state index contributed by atoms with van der Waals surface area (Å²) in [6.45, 7) is 7.74. The van der Waals surface area contributed by atoms with Crippen LogP contribution in [0.4, 0.5) is 5.82 Å². The van der Waals surface area contributed by atoms with Gasteiger partial charge in [-0.1, -0.05) is 12.1 Å². The van der Waals surface area contributed by atoms with Crippen LogP contribution in [0.3, 0.4) is 0 Å². The van der Waals surface area contributed by atoms with E-state index in [1.807, 2.05) is 23.2 Å². The van der Waals surface area contributed by atoms with Crippen molar-refractivity contribution < 1.29 is 13.7 Å². The van der Waals surface area contributed by atoms with Gasteiger partial charge in [0.15, 0.2) is 5.76 Å². The third kappa shape index (κ3) is 4.52. The second-order valence-corrected chi connectivity index (χ2v) is 8.66. The number of furan rings is 1. The number of amides is 1. The van der Waals surface area contributed by atoms with Gasteiger partial charge in [-0.2, -0.15) is 4.98 Å². The number of nitrogens with zero attached hydrogens (tertiary/aromatic N) is 6. The summed E-state index contributed by atoms with van der Waals surface area (Å²) < 4.78 is 10.7. The molecule has 168 valence electrons. The summed E-state index contributed by atoms with van der Waals surface area (Å²) >= 11 is 0. The van der Waals surface area contributed by atoms with Gasteiger partial charge in [-0.3, -0.25) is 9.69 Å². The van der Waals surface area contributed by atoms with Crippen molar-refractivity contribution in [1.82, 2.24) is 24.9 Å². The molecule has 2 saturated heterocycles. The molecule has 1 atom stereocenters. The van der Waals surface area contributed by atoms with Crippen LogP contribution in [-0.4, -0.2) is 70.1 Å². The second-order valence-electron chi connectivity index (χ2n) is 8.66. The zero-order valence-corrected chi connectivity index (χ0v) is 18.3. The summed E-state index contributed by atoms with van der Waals surface area (Å²) in [5, 5.41) is 4.14. The first-order valence-corrected chi connectivity index (χ1v) is 11.2. The topological polar surface area (TPSA) is 91.7 Å². The molecule has 0 radical (unpaired) electrons. The van der Waals surface area contributed by atoms with E-state index in [0.29, 0.717) is 43.0 Å². The maximum Gasteiger partial charge on any atom is 0.289 e. The van der Waals surface area contributed by atoms with Crippen LogP contribution >= 0.6 is 0 Å². The average molecular weight is 437 g/mol. The Morgan fingerprint density at radius 3 is 2.75 bits per heavy atom. The number of hydrogen-bond donors (Lipinski definition) is 0. The zero-order valence-electron chi connectivity index (χ0n) is 18.3. The van der Waals surface area contributed by atoms with Crippen molar-refractivity contribution in [3.05, 3.63) is 48.4 Å². The molecule has 0 bridgehead atoms. The fourth-order valence-corrected chi connectivity index (χ4v) is 4.40. The zero-order chi connectivity index (χ0) is 21.9. The summed E-state index contributed by atoms with van der Waals surface area (Å²) in [5.74, 6) is 3.15. The fourth-order valence-electron chi connectivity index (χ4n) is 4.40. The molecule has 1 amide bonds. The van der Waals surface area contributed by atoms with Crippen LogP contribution in [0.25, 0.3) is 11.4 Å². The number of hydrogen-bond acceptors (Lipinski definition) is 8. The summed E-state index contributed by atoms with van der Waals surface area (Å²) in [5.41, 5.74) is 0.850. The molecule has 0 aliphatic carbocycles. The van der Waals surface area contributed by atoms with E-state index in [-0.39, 0.29) is 5.91 Å². The molecule has 0 saturated carbocycles. The largest absolute Gasteiger partial charge is 0.459 e. The molecule has 9 nitrogen and oxygen atoms in total. The van der Waals surface area contributed by atoms with Crippen LogP contribution in [0.15, 0.2) is 45.7 Å². The lowest BCUT2D eigenvalue weighted by Gasteiger charge is -2.33. The van der Waals surface area contributed by atoms with E-state index >= 15 is 0 Å². The van der Waals surface area contributed by atoms with Gasteiger partial charge >= 0.3 is 0 Å². The minimum Gasteiger partial charge on any atom is -0.459 e. The molecule has 0 aromatic carbocycles. The average Bonchev–Trinajstić information content (AvgIpc) is 3.52. The predicted molar refractivity (Wildman–Crippen MR) is 118 cm³/mol. The minimum absolute atomic E-state index is 0.0651. The van der Waals surface area contributed by atoms with Crippen molar-refractivity contribution >= 4 is 11.7 Å². The monoisotopic (exact) mass is 436 g/mol. The predicted octanol–water partition coefficient (Wildman–Crippen LogP) is 2.92. The second kappa shape index (κ2) is 9.12. The molecule has 32 heavy (non-hydrogen) atoms. The van der Waals surface area contributed by atoms with Crippen LogP contribution in [0, 0.1) is 5.92 Å². The maximum atomic E-state index is 12.4. The van der Waals surface area contributed by atoms with Gasteiger partial charge in [-0.15, -0.1) is 0 Å². The van der Waals surface area contributed by atoms with Crippen LogP contribution in [0.5, 0.6) is 0 Å². The summed E-state index contributed by atoms with van der Waals surface area (Å²) in [4.78, 5) is 27.9. The molecule has 2 fully saturated rings. The first-order chi connectivity index (χ1) is 15.7. The Morgan fingerprint density at radius 1 is 1.16 bits per heavy atom. The normalized spacial score (nSPS) is 20.0. The van der Waals surface area contributed by atoms with Crippen molar-refractivity contribution in [3.8, 4) is 11.4 Å². The summed E-state index contributed by atoms with van der Waals surface area (Å²) in [6.07, 6.45) is 5.84. The van der Waals surface area contributed by atoms with Crippen LogP contribution in [0.2, 0.25) is 0 Å². The minimum atomic E-state index is -0.0651. The Balaban J connectivity index is 1.16. The molecule has 1 unspecified atom stereocenters. The van der Waals surface area contributed by atoms with Crippen molar-refractivity contribution in [3.63, 3.8) is 0 Å². The van der Waals surface area contributed by atoms with Gasteiger partial charge in [0.2, 0.25) is 11.7 Å². The number of piperazine rings is 1. The van der Waals surface area contributed by atoms with Crippen molar-refractivity contribution in [2.24, 2.45) is 5.92 Å². The number of carbonyl (C=O) groups is 1. The van der Waals surface area contributed by atoms with E-state index in [1.54, 1.807) is 12.1 Å². The van der Waals surface area contributed by atoms with Gasteiger partial charge in [0.25, 0.3) is 5.91 Å². The Labute approximate surface area is 187 Å². The van der Waals surface area contributed by atoms with Gasteiger partial charge < -0.3 is 18.7 Å². The quantitative estimate of drug-likeness (QED) is 0.603. The molecular weight excluding hydrogens is 408 g/mol. The highest BCUT2D eigenvalue weighted by molar-refractivity contribution is 5.91. The number of carbonyl (C=O) groups excluding carboxylic acids is 1. The van der Waals surface area contributed by atoms with Gasteiger partial charge in [-0.25, -0.2) is 4.98 Å². The smallest absolute Gasteiger partial charge is 0.289 e. The van der Waals surface area contributed by atoms with Crippen LogP contribution in [0.1, 0.15) is 36.2 Å². The van der Waals surface area contributed by atoms with Crippen LogP contribution < -0.4 is 4.90 Å². The molecule has 0 spiro atoms. The standard InChI is InChI=1S/C23H28N6O3/c1-17-4-2-8-29(15-17)20-7-6-18(14-24-20)22-25-21(32-26-22)16-27-9-11-28(12-10-27)23(30)19-5-3-13-31-19/h3,5-7,13-14,17H,2,4,8-12,15-16H2,1H3. The maximum absolute atomic E-state index is 12.4. The molecule has 0 N–H and O–H groups in total. The lowest BCUT2D eigenvalue weighted by molar-refractivity contribution is 0.0585. The molecule has 9 heteroatoms. The number of piperidine rings is 1. The van der Waals surface area contributed by atoms with E-state index in [2.05, 4.69) is 31.8 Å². The van der Waals surface area contributed by atoms with E-state index in [4.69, 9.17) is 8.94 Å². The number of aromatic nitrogens is 3. The van der Waals surface area contributed by atoms with Crippen molar-refractivity contribution in [1.29, 1.82) is 0 Å². The lowest BCUT2D eigenvalue weighted by Crippen LogP contribution is -2.48. The highest BCUT2D eigenvalue weighted by Gasteiger charge is 2.25. The van der Waals surface area contributed by atoms with E-state index in [1.165, 1.54) is 19.1 Å². The first-order valence-electron chi connectivity index (χ1n) is 11.2. The van der Waals surface area contributed by atoms with Crippen molar-refractivity contribution in [2.45, 2.75) is 26.3 Å². The number of rotatable bonds is 5. The van der Waals surface area contributed by atoms with Gasteiger partial charge in [0, 0.05) is 51.0 Å². The number of anilines is 1. The first kappa shape index (κ1) is 20.7. The molecule has 2 aliphatic rings. The third-order valence-electron chi connectivity index (χ3n) is 6.21. The van der Waals surface area contributed by atoms with Gasteiger partial charge in [0.1, 0.15) is 5.82 Å². The molecular formula is C23H28N6O3. The van der Waals surface area contributed by atoms with Crippen LogP contribution in [-0.2, 0) is 6.54 Å². The van der Waals surface area contributed by atoms with Gasteiger partial charge in [-0.05, 0) is 43.0 Å². The highest BCUT2D eigenvalue weighted by atomic mass is 16.5. The SMILES string of the molecule is CC1CCCN(c2ccc(-c3noc(CN4CCN(C(=O)c5ccco5)CC4)n3)cn2)C1. The summed E-state index contributed by atoms with van der Waals surface area (Å²) in [7, 11) is 0. The molecule has 2 aliphatic heterocycles. The van der Waals surface area contributed by atoms with E-state index in [0.717, 1.165) is 37.6 Å². The fraction of sp³-hybridized carbons (Fsp3) is 0.478. The van der Waals surface area contributed by atoms with E-state index in [9.17, 15) is 4.79 Å².